The number of ether oxygens (including phenoxy) is 1. The molecule has 1 saturated carbocycles. The second-order valence-corrected chi connectivity index (χ2v) is 4.52. The monoisotopic (exact) mass is 263 g/mol. The molecule has 0 spiro atoms. The molecule has 1 amide bonds. The highest BCUT2D eigenvalue weighted by Crippen LogP contribution is 2.48. The van der Waals surface area contributed by atoms with Crippen molar-refractivity contribution >= 4 is 17.6 Å². The fourth-order valence-electron chi connectivity index (χ4n) is 2.12. The number of nitrogens with one attached hydrogen (secondary N) is 2. The zero-order valence-corrected chi connectivity index (χ0v) is 11.2. The molecule has 0 aliphatic heterocycles. The Labute approximate surface area is 111 Å². The molecule has 102 valence electrons. The normalized spacial score (nSPS) is 15.5. The van der Waals surface area contributed by atoms with Crippen molar-refractivity contribution in [1.29, 1.82) is 0 Å². The number of rotatable bonds is 4. The highest BCUT2D eigenvalue weighted by molar-refractivity contribution is 6.00. The van der Waals surface area contributed by atoms with E-state index in [4.69, 9.17) is 4.74 Å². The van der Waals surface area contributed by atoms with Gasteiger partial charge in [-0.1, -0.05) is 0 Å². The molecule has 2 rings (SSSR count). The van der Waals surface area contributed by atoms with Gasteiger partial charge in [0.05, 0.1) is 30.3 Å². The molecule has 19 heavy (non-hydrogen) atoms. The van der Waals surface area contributed by atoms with Crippen LogP contribution in [0, 0.1) is 0 Å². The molecule has 1 aliphatic rings. The van der Waals surface area contributed by atoms with Crippen LogP contribution in [-0.4, -0.2) is 38.1 Å². The highest BCUT2D eigenvalue weighted by atomic mass is 16.5. The second-order valence-electron chi connectivity index (χ2n) is 4.52. The Hall–Kier alpha value is -2.11. The van der Waals surface area contributed by atoms with Gasteiger partial charge in [0.2, 0.25) is 0 Å². The summed E-state index contributed by atoms with van der Waals surface area (Å²) in [6.07, 6.45) is 2.99. The molecular formula is C13H17N3O3. The number of amides is 1. The number of hydrogen-bond acceptors (Lipinski definition) is 5. The molecule has 1 aromatic rings. The van der Waals surface area contributed by atoms with Crippen molar-refractivity contribution < 1.29 is 14.3 Å². The predicted octanol–water partition coefficient (Wildman–Crippen LogP) is 0.687. The third-order valence-corrected chi connectivity index (χ3v) is 3.46. The molecule has 6 nitrogen and oxygen atoms in total. The van der Waals surface area contributed by atoms with Crippen molar-refractivity contribution in [3.63, 3.8) is 0 Å². The maximum Gasteiger partial charge on any atom is 0.317 e. The molecule has 0 atom stereocenters. The van der Waals surface area contributed by atoms with Crippen molar-refractivity contribution in [3.8, 4) is 0 Å². The summed E-state index contributed by atoms with van der Waals surface area (Å²) in [6, 6.07) is 1.66. The minimum absolute atomic E-state index is 0.214. The largest absolute Gasteiger partial charge is 0.468 e. The van der Waals surface area contributed by atoms with Crippen molar-refractivity contribution in [2.45, 2.75) is 18.3 Å². The molecule has 1 heterocycles. The topological polar surface area (TPSA) is 80.3 Å². The first-order valence-corrected chi connectivity index (χ1v) is 6.08. The minimum Gasteiger partial charge on any atom is -0.468 e. The maximum absolute atomic E-state index is 11.8. The van der Waals surface area contributed by atoms with Gasteiger partial charge in [0.1, 0.15) is 5.41 Å². The third-order valence-electron chi connectivity index (χ3n) is 3.46. The summed E-state index contributed by atoms with van der Waals surface area (Å²) >= 11 is 0. The van der Waals surface area contributed by atoms with Crippen LogP contribution in [0.3, 0.4) is 0 Å². The zero-order chi connectivity index (χ0) is 14.0. The number of hydrogen-bond donors (Lipinski definition) is 2. The molecule has 2 N–H and O–H groups in total. The molecule has 0 saturated heterocycles. The number of carbonyl (C=O) groups excluding carboxylic acids is 2. The van der Waals surface area contributed by atoms with Gasteiger partial charge in [-0.15, -0.1) is 0 Å². The Kier molecular flexibility index (Phi) is 3.42. The van der Waals surface area contributed by atoms with Gasteiger partial charge in [-0.2, -0.15) is 0 Å². The van der Waals surface area contributed by atoms with E-state index in [2.05, 4.69) is 15.6 Å². The minimum atomic E-state index is -0.663. The summed E-state index contributed by atoms with van der Waals surface area (Å²) in [5.41, 5.74) is 1.04. The number of methoxy groups -OCH3 is 1. The zero-order valence-electron chi connectivity index (χ0n) is 11.2. The summed E-state index contributed by atoms with van der Waals surface area (Å²) in [7, 11) is 4.65. The Balaban J connectivity index is 2.44. The first-order valence-electron chi connectivity index (χ1n) is 6.08. The fourth-order valence-corrected chi connectivity index (χ4v) is 2.12. The molecule has 0 radical (unpaired) electrons. The maximum atomic E-state index is 11.8. The number of esters is 1. The molecule has 1 aromatic heterocycles. The molecule has 6 heteroatoms. The first-order chi connectivity index (χ1) is 9.08. The lowest BCUT2D eigenvalue weighted by atomic mass is 9.99. The molecule has 0 unspecified atom stereocenters. The average Bonchev–Trinajstić information content (AvgIpc) is 3.26. The van der Waals surface area contributed by atoms with Crippen molar-refractivity contribution in [3.05, 3.63) is 23.5 Å². The van der Waals surface area contributed by atoms with E-state index in [9.17, 15) is 9.59 Å². The van der Waals surface area contributed by atoms with E-state index in [1.165, 1.54) is 7.11 Å². The summed E-state index contributed by atoms with van der Waals surface area (Å²) < 4.78 is 4.82. The van der Waals surface area contributed by atoms with Gasteiger partial charge in [0.15, 0.2) is 0 Å². The van der Waals surface area contributed by atoms with Crippen LogP contribution in [-0.2, 0) is 14.9 Å². The van der Waals surface area contributed by atoms with Gasteiger partial charge in [0.25, 0.3) is 5.91 Å². The fraction of sp³-hybridized carbons (Fsp3) is 0.462. The van der Waals surface area contributed by atoms with Gasteiger partial charge in [-0.3, -0.25) is 14.6 Å². The Bertz CT molecular complexity index is 524. The van der Waals surface area contributed by atoms with Crippen LogP contribution in [0.1, 0.15) is 28.9 Å². The van der Waals surface area contributed by atoms with E-state index in [0.717, 1.165) is 0 Å². The lowest BCUT2D eigenvalue weighted by molar-refractivity contribution is -0.143. The van der Waals surface area contributed by atoms with Gasteiger partial charge in [-0.25, -0.2) is 0 Å². The quantitative estimate of drug-likeness (QED) is 0.781. The number of anilines is 1. The average molecular weight is 263 g/mol. The Morgan fingerprint density at radius 2 is 2.05 bits per heavy atom. The van der Waals surface area contributed by atoms with Gasteiger partial charge in [-0.05, 0) is 18.9 Å². The predicted molar refractivity (Wildman–Crippen MR) is 70.1 cm³/mol. The second kappa shape index (κ2) is 4.87. The lowest BCUT2D eigenvalue weighted by Gasteiger charge is -2.15. The van der Waals surface area contributed by atoms with Crippen LogP contribution in [0.15, 0.2) is 12.3 Å². The number of pyridine rings is 1. The number of aromatic nitrogens is 1. The molecule has 1 aliphatic carbocycles. The van der Waals surface area contributed by atoms with Crippen LogP contribution >= 0.6 is 0 Å². The Morgan fingerprint density at radius 3 is 2.53 bits per heavy atom. The molecule has 0 aromatic carbocycles. The van der Waals surface area contributed by atoms with E-state index in [1.54, 1.807) is 26.4 Å². The molecule has 1 fully saturated rings. The summed E-state index contributed by atoms with van der Waals surface area (Å²) in [5.74, 6) is -0.506. The van der Waals surface area contributed by atoms with Crippen molar-refractivity contribution in [2.24, 2.45) is 0 Å². The summed E-state index contributed by atoms with van der Waals surface area (Å²) in [5, 5.41) is 5.49. The van der Waals surface area contributed by atoms with E-state index < -0.39 is 5.41 Å². The van der Waals surface area contributed by atoms with Gasteiger partial charge >= 0.3 is 5.97 Å². The molecule has 0 bridgehead atoms. The highest BCUT2D eigenvalue weighted by Gasteiger charge is 2.54. The standard InChI is InChI=1S/C13H17N3O3/c1-14-9-7-16-10(6-8(9)11(17)15-2)13(4-5-13)12(18)19-3/h6-7,14H,4-5H2,1-3H3,(H,15,17). The van der Waals surface area contributed by atoms with Gasteiger partial charge < -0.3 is 15.4 Å². The Morgan fingerprint density at radius 1 is 1.37 bits per heavy atom. The van der Waals surface area contributed by atoms with Crippen LogP contribution < -0.4 is 10.6 Å². The lowest BCUT2D eigenvalue weighted by Crippen LogP contribution is -2.25. The van der Waals surface area contributed by atoms with E-state index in [-0.39, 0.29) is 11.9 Å². The summed E-state index contributed by atoms with van der Waals surface area (Å²) in [4.78, 5) is 27.9. The van der Waals surface area contributed by atoms with E-state index >= 15 is 0 Å². The van der Waals surface area contributed by atoms with E-state index in [1.807, 2.05) is 0 Å². The smallest absolute Gasteiger partial charge is 0.317 e. The van der Waals surface area contributed by atoms with Crippen molar-refractivity contribution in [2.75, 3.05) is 26.5 Å². The van der Waals surface area contributed by atoms with Crippen molar-refractivity contribution in [1.82, 2.24) is 10.3 Å². The van der Waals surface area contributed by atoms with Gasteiger partial charge in [0, 0.05) is 14.1 Å². The third kappa shape index (κ3) is 2.14. The molecular weight excluding hydrogens is 246 g/mol. The number of nitrogens with zero attached hydrogens (tertiary/aromatic N) is 1. The first kappa shape index (κ1) is 13.3. The van der Waals surface area contributed by atoms with Crippen LogP contribution in [0.2, 0.25) is 0 Å². The van der Waals surface area contributed by atoms with Crippen LogP contribution in [0.25, 0.3) is 0 Å². The SMILES string of the molecule is CNC(=O)c1cc(C2(C(=O)OC)CC2)ncc1NC. The van der Waals surface area contributed by atoms with E-state index in [0.29, 0.717) is 29.8 Å². The van der Waals surface area contributed by atoms with Crippen LogP contribution in [0.4, 0.5) is 5.69 Å². The summed E-state index contributed by atoms with van der Waals surface area (Å²) in [6.45, 7) is 0. The van der Waals surface area contributed by atoms with Crippen LogP contribution in [0.5, 0.6) is 0 Å². The number of carbonyl (C=O) groups is 2.